The maximum atomic E-state index is 13.5. The summed E-state index contributed by atoms with van der Waals surface area (Å²) in [5, 5.41) is 2.25. The zero-order valence-corrected chi connectivity index (χ0v) is 11.6. The highest BCUT2D eigenvalue weighted by atomic mass is 79.9. The highest BCUT2D eigenvalue weighted by molar-refractivity contribution is 9.10. The number of carbonyl (C=O) groups excluding carboxylic acids is 1. The first kappa shape index (κ1) is 15.0. The molecular formula is C12H15BrF2N2O. The Hall–Kier alpha value is -1.01. The smallest absolute Gasteiger partial charge is 0.228 e. The summed E-state index contributed by atoms with van der Waals surface area (Å²) in [5.41, 5.74) is 5.03. The van der Waals surface area contributed by atoms with Gasteiger partial charge in [-0.3, -0.25) is 4.79 Å². The van der Waals surface area contributed by atoms with E-state index in [1.54, 1.807) is 0 Å². The Bertz CT molecular complexity index is 417. The number of benzene rings is 1. The van der Waals surface area contributed by atoms with Crippen LogP contribution in [0.3, 0.4) is 0 Å². The van der Waals surface area contributed by atoms with Gasteiger partial charge in [-0.2, -0.15) is 0 Å². The van der Waals surface area contributed by atoms with Crippen LogP contribution >= 0.6 is 15.9 Å². The summed E-state index contributed by atoms with van der Waals surface area (Å²) in [6.45, 7) is 2.07. The third-order valence-corrected chi connectivity index (χ3v) is 3.01. The fraction of sp³-hybridized carbons (Fsp3) is 0.417. The average Bonchev–Trinajstić information content (AvgIpc) is 2.30. The van der Waals surface area contributed by atoms with E-state index in [-0.39, 0.29) is 11.0 Å². The first-order valence-electron chi connectivity index (χ1n) is 5.65. The van der Waals surface area contributed by atoms with Crippen LogP contribution in [0.1, 0.15) is 19.8 Å². The quantitative estimate of drug-likeness (QED) is 0.876. The van der Waals surface area contributed by atoms with Gasteiger partial charge in [0.1, 0.15) is 5.69 Å². The van der Waals surface area contributed by atoms with E-state index in [0.717, 1.165) is 18.6 Å². The van der Waals surface area contributed by atoms with Crippen molar-refractivity contribution < 1.29 is 13.6 Å². The Morgan fingerprint density at radius 3 is 2.44 bits per heavy atom. The highest BCUT2D eigenvalue weighted by Gasteiger charge is 2.19. The molecule has 1 aromatic rings. The van der Waals surface area contributed by atoms with Gasteiger partial charge in [0.25, 0.3) is 0 Å². The van der Waals surface area contributed by atoms with E-state index in [4.69, 9.17) is 5.73 Å². The molecule has 100 valence electrons. The summed E-state index contributed by atoms with van der Waals surface area (Å²) in [6.07, 6.45) is 1.36. The standard InChI is InChI=1S/C12H15BrF2N2O/c1-2-3-7(6-16)12(18)17-11-9(14)4-8(13)5-10(11)15/h4-5,7H,2-3,6,16H2,1H3,(H,17,18). The van der Waals surface area contributed by atoms with Crippen LogP contribution in [0.2, 0.25) is 0 Å². The molecule has 0 heterocycles. The van der Waals surface area contributed by atoms with Gasteiger partial charge in [-0.1, -0.05) is 29.3 Å². The molecule has 3 N–H and O–H groups in total. The lowest BCUT2D eigenvalue weighted by atomic mass is 10.0. The van der Waals surface area contributed by atoms with Crippen molar-refractivity contribution in [3.05, 3.63) is 28.2 Å². The Balaban J connectivity index is 2.87. The predicted molar refractivity (Wildman–Crippen MR) is 70.1 cm³/mol. The van der Waals surface area contributed by atoms with Crippen molar-refractivity contribution in [2.75, 3.05) is 11.9 Å². The Labute approximate surface area is 113 Å². The lowest BCUT2D eigenvalue weighted by Crippen LogP contribution is -2.29. The fourth-order valence-corrected chi connectivity index (χ4v) is 1.99. The van der Waals surface area contributed by atoms with E-state index in [1.807, 2.05) is 6.92 Å². The van der Waals surface area contributed by atoms with Gasteiger partial charge in [0.05, 0.1) is 5.92 Å². The van der Waals surface area contributed by atoms with Gasteiger partial charge in [0, 0.05) is 11.0 Å². The first-order valence-corrected chi connectivity index (χ1v) is 6.44. The van der Waals surface area contributed by atoms with Gasteiger partial charge in [0.2, 0.25) is 5.91 Å². The van der Waals surface area contributed by atoms with Gasteiger partial charge < -0.3 is 11.1 Å². The van der Waals surface area contributed by atoms with Gasteiger partial charge in [0.15, 0.2) is 11.6 Å². The third kappa shape index (κ3) is 3.74. The molecule has 0 fully saturated rings. The summed E-state index contributed by atoms with van der Waals surface area (Å²) in [5.74, 6) is -2.53. The van der Waals surface area contributed by atoms with Crippen LogP contribution in [-0.2, 0) is 4.79 Å². The number of nitrogens with one attached hydrogen (secondary N) is 1. The zero-order valence-electron chi connectivity index (χ0n) is 9.97. The maximum Gasteiger partial charge on any atom is 0.228 e. The molecule has 0 aromatic heterocycles. The third-order valence-electron chi connectivity index (χ3n) is 2.55. The van der Waals surface area contributed by atoms with E-state index in [1.165, 1.54) is 0 Å². The molecule has 1 rings (SSSR count). The fourth-order valence-electron chi connectivity index (χ4n) is 1.59. The number of anilines is 1. The number of carbonyl (C=O) groups is 1. The van der Waals surface area contributed by atoms with Crippen LogP contribution in [0, 0.1) is 17.6 Å². The number of rotatable bonds is 5. The van der Waals surface area contributed by atoms with Crippen LogP contribution in [0.4, 0.5) is 14.5 Å². The summed E-state index contributed by atoms with van der Waals surface area (Å²) < 4.78 is 27.3. The van der Waals surface area contributed by atoms with E-state index < -0.39 is 29.1 Å². The molecule has 0 saturated carbocycles. The van der Waals surface area contributed by atoms with Crippen molar-refractivity contribution in [1.82, 2.24) is 0 Å². The number of amides is 1. The predicted octanol–water partition coefficient (Wildman–Crippen LogP) is 3.04. The zero-order chi connectivity index (χ0) is 13.7. The van der Waals surface area contributed by atoms with Crippen molar-refractivity contribution in [3.8, 4) is 0 Å². The van der Waals surface area contributed by atoms with E-state index >= 15 is 0 Å². The number of nitrogens with two attached hydrogens (primary N) is 1. The number of hydrogen-bond acceptors (Lipinski definition) is 2. The minimum atomic E-state index is -0.817. The maximum absolute atomic E-state index is 13.5. The Morgan fingerprint density at radius 1 is 1.44 bits per heavy atom. The largest absolute Gasteiger partial charge is 0.330 e. The Kier molecular flexibility index (Phi) is 5.68. The SMILES string of the molecule is CCCC(CN)C(=O)Nc1c(F)cc(Br)cc1F. The minimum absolute atomic E-state index is 0.152. The van der Waals surface area contributed by atoms with Gasteiger partial charge in [-0.05, 0) is 18.6 Å². The molecule has 0 spiro atoms. The second-order valence-corrected chi connectivity index (χ2v) is 4.87. The molecular weight excluding hydrogens is 306 g/mol. The molecule has 0 bridgehead atoms. The van der Waals surface area contributed by atoms with Crippen molar-refractivity contribution >= 4 is 27.5 Å². The van der Waals surface area contributed by atoms with Crippen molar-refractivity contribution in [1.29, 1.82) is 0 Å². The van der Waals surface area contributed by atoms with E-state index in [9.17, 15) is 13.6 Å². The minimum Gasteiger partial charge on any atom is -0.330 e. The van der Waals surface area contributed by atoms with E-state index in [2.05, 4.69) is 21.2 Å². The molecule has 0 saturated heterocycles. The molecule has 0 aliphatic heterocycles. The Morgan fingerprint density at radius 2 is 2.00 bits per heavy atom. The molecule has 0 aliphatic carbocycles. The van der Waals surface area contributed by atoms with Crippen LogP contribution in [0.5, 0.6) is 0 Å². The molecule has 0 radical (unpaired) electrons. The van der Waals surface area contributed by atoms with Crippen LogP contribution in [0.15, 0.2) is 16.6 Å². The van der Waals surface area contributed by atoms with Crippen molar-refractivity contribution in [2.45, 2.75) is 19.8 Å². The summed E-state index contributed by atoms with van der Waals surface area (Å²) >= 11 is 2.97. The van der Waals surface area contributed by atoms with Crippen LogP contribution < -0.4 is 11.1 Å². The summed E-state index contributed by atoms with van der Waals surface area (Å²) in [6, 6.07) is 2.19. The number of hydrogen-bond donors (Lipinski definition) is 2. The molecule has 18 heavy (non-hydrogen) atoms. The van der Waals surface area contributed by atoms with Crippen LogP contribution in [0.25, 0.3) is 0 Å². The molecule has 1 atom stereocenters. The normalized spacial score (nSPS) is 12.3. The van der Waals surface area contributed by atoms with Crippen molar-refractivity contribution in [2.24, 2.45) is 11.7 Å². The van der Waals surface area contributed by atoms with Crippen molar-refractivity contribution in [3.63, 3.8) is 0 Å². The van der Waals surface area contributed by atoms with Gasteiger partial charge in [-0.15, -0.1) is 0 Å². The van der Waals surface area contributed by atoms with Gasteiger partial charge in [-0.25, -0.2) is 8.78 Å². The lowest BCUT2D eigenvalue weighted by molar-refractivity contribution is -0.119. The molecule has 3 nitrogen and oxygen atoms in total. The second-order valence-electron chi connectivity index (χ2n) is 3.95. The van der Waals surface area contributed by atoms with Crippen LogP contribution in [-0.4, -0.2) is 12.5 Å². The molecule has 1 aromatic carbocycles. The summed E-state index contributed by atoms with van der Waals surface area (Å²) in [7, 11) is 0. The monoisotopic (exact) mass is 320 g/mol. The van der Waals surface area contributed by atoms with E-state index in [0.29, 0.717) is 6.42 Å². The molecule has 0 aliphatic rings. The summed E-state index contributed by atoms with van der Waals surface area (Å²) in [4.78, 5) is 11.8. The molecule has 1 unspecified atom stereocenters. The second kappa shape index (κ2) is 6.80. The number of halogens is 3. The lowest BCUT2D eigenvalue weighted by Gasteiger charge is -2.14. The molecule has 6 heteroatoms. The molecule has 1 amide bonds. The highest BCUT2D eigenvalue weighted by Crippen LogP contribution is 2.24. The average molecular weight is 321 g/mol. The first-order chi connectivity index (χ1) is 8.49. The van der Waals surface area contributed by atoms with Gasteiger partial charge >= 0.3 is 0 Å². The topological polar surface area (TPSA) is 55.1 Å².